The van der Waals surface area contributed by atoms with Crippen LogP contribution in [0, 0.1) is 0 Å². The molecule has 1 fully saturated rings. The van der Waals surface area contributed by atoms with Gasteiger partial charge < -0.3 is 29.2 Å². The van der Waals surface area contributed by atoms with Crippen molar-refractivity contribution in [1.29, 1.82) is 0 Å². The van der Waals surface area contributed by atoms with E-state index in [1.165, 1.54) is 49.9 Å². The first-order chi connectivity index (χ1) is 15.9. The van der Waals surface area contributed by atoms with E-state index in [4.69, 9.17) is 37.7 Å². The Balaban J connectivity index is 0.000000658. The number of esters is 3. The minimum atomic E-state index is -6.09. The molecule has 0 aliphatic carbocycles. The van der Waals surface area contributed by atoms with Gasteiger partial charge in [0.05, 0.1) is 6.61 Å². The van der Waals surface area contributed by atoms with Crippen LogP contribution in [0.3, 0.4) is 0 Å². The summed E-state index contributed by atoms with van der Waals surface area (Å²) in [5.41, 5.74) is -1.89. The highest BCUT2D eigenvalue weighted by molar-refractivity contribution is 7.86. The molecule has 35 heavy (non-hydrogen) atoms. The molecule has 3 atom stereocenters. The standard InChI is InChI=1S/C17H20N2O8.CHF3O3S/c1-10(20)24-8-14-17(27-12(3)22,15(9-25-14)26-11(2)21)19-6-4-5-13(7-19)16(18)23;2-1(3,4)8(5,6)7/h4-7,14-15H,8-9H2,1-3H3,(H-,18,23);(H,5,6,7)/t14-,15+,17-;/m0./s1. The number of hydrogen-bond donors (Lipinski definition) is 1. The Hall–Kier alpha value is -3.31. The average Bonchev–Trinajstić information content (AvgIpc) is 3.02. The van der Waals surface area contributed by atoms with Gasteiger partial charge in [0.25, 0.3) is 5.91 Å². The fourth-order valence-corrected chi connectivity index (χ4v) is 2.91. The number of nitrogens with two attached hydrogens (primary N) is 1. The summed E-state index contributed by atoms with van der Waals surface area (Å²) in [4.78, 5) is 46.2. The van der Waals surface area contributed by atoms with E-state index in [0.717, 1.165) is 0 Å². The van der Waals surface area contributed by atoms with Crippen LogP contribution in [0.1, 0.15) is 31.1 Å². The summed E-state index contributed by atoms with van der Waals surface area (Å²) in [6.45, 7) is 3.20. The van der Waals surface area contributed by atoms with Crippen molar-refractivity contribution in [2.24, 2.45) is 5.73 Å². The number of carbonyl (C=O) groups excluding carboxylic acids is 4. The van der Waals surface area contributed by atoms with E-state index < -0.39 is 57.4 Å². The third-order valence-corrected chi connectivity index (χ3v) is 4.76. The Bertz CT molecular complexity index is 1080. The van der Waals surface area contributed by atoms with E-state index in [-0.39, 0.29) is 18.8 Å². The highest BCUT2D eigenvalue weighted by atomic mass is 32.2. The lowest BCUT2D eigenvalue weighted by molar-refractivity contribution is -0.814. The molecule has 2 heterocycles. The zero-order chi connectivity index (χ0) is 27.2. The second-order valence-corrected chi connectivity index (χ2v) is 8.20. The molecule has 0 radical (unpaired) electrons. The molecule has 0 saturated carbocycles. The van der Waals surface area contributed by atoms with Crippen molar-refractivity contribution in [2.75, 3.05) is 13.2 Å². The lowest BCUT2D eigenvalue weighted by Gasteiger charge is -2.31. The molecule has 13 nitrogen and oxygen atoms in total. The average molecular weight is 530 g/mol. The summed E-state index contributed by atoms with van der Waals surface area (Å²) in [5, 5.41) is 0. The maximum atomic E-state index is 11.9. The van der Waals surface area contributed by atoms with Gasteiger partial charge in [-0.05, 0) is 6.07 Å². The number of nitrogens with zero attached hydrogens (tertiary/aromatic N) is 1. The molecule has 1 aromatic rings. The van der Waals surface area contributed by atoms with Gasteiger partial charge in [0, 0.05) is 26.8 Å². The second kappa shape index (κ2) is 11.4. The number of pyridine rings is 1. The van der Waals surface area contributed by atoms with Crippen LogP contribution in [0.2, 0.25) is 0 Å². The first-order valence-electron chi connectivity index (χ1n) is 9.37. The molecule has 2 rings (SSSR count). The highest BCUT2D eigenvalue weighted by Gasteiger charge is 2.66. The van der Waals surface area contributed by atoms with Crippen LogP contribution in [-0.4, -0.2) is 67.7 Å². The van der Waals surface area contributed by atoms with Crippen molar-refractivity contribution < 1.29 is 68.8 Å². The SMILES string of the molecule is CC(=O)OC[C@@H]1OC[C@@H](OC(C)=O)[C@]1(OC(C)=O)[n+]1cccc(C(N)=O)c1.O=S(=O)([O-])C(F)(F)F. The monoisotopic (exact) mass is 530 g/mol. The number of alkyl halides is 3. The van der Waals surface area contributed by atoms with Crippen LogP contribution >= 0.6 is 0 Å². The predicted molar refractivity (Wildman–Crippen MR) is 103 cm³/mol. The molecule has 2 N–H and O–H groups in total. The molecule has 0 aromatic carbocycles. The van der Waals surface area contributed by atoms with Crippen molar-refractivity contribution >= 4 is 33.9 Å². The summed E-state index contributed by atoms with van der Waals surface area (Å²) >= 11 is 0. The zero-order valence-corrected chi connectivity index (χ0v) is 19.3. The summed E-state index contributed by atoms with van der Waals surface area (Å²) in [7, 11) is -6.09. The number of hydrogen-bond acceptors (Lipinski definition) is 11. The Morgan fingerprint density at radius 2 is 1.77 bits per heavy atom. The van der Waals surface area contributed by atoms with E-state index in [1.54, 1.807) is 0 Å². The molecule has 1 amide bonds. The highest BCUT2D eigenvalue weighted by Crippen LogP contribution is 2.34. The Labute approximate surface area is 196 Å². The van der Waals surface area contributed by atoms with Crippen molar-refractivity contribution in [3.63, 3.8) is 0 Å². The number of halogens is 3. The lowest BCUT2D eigenvalue weighted by atomic mass is 10.0. The van der Waals surface area contributed by atoms with Crippen LogP contribution in [0.5, 0.6) is 0 Å². The molecule has 0 unspecified atom stereocenters. The number of rotatable bonds is 6. The molecule has 196 valence electrons. The van der Waals surface area contributed by atoms with Gasteiger partial charge in [-0.15, -0.1) is 0 Å². The fourth-order valence-electron chi connectivity index (χ4n) is 2.91. The van der Waals surface area contributed by atoms with E-state index in [0.29, 0.717) is 0 Å². The molecule has 1 saturated heterocycles. The first kappa shape index (κ1) is 29.7. The molecule has 1 aromatic heterocycles. The van der Waals surface area contributed by atoms with Gasteiger partial charge in [-0.2, -0.15) is 17.7 Å². The number of primary amides is 1. The summed E-state index contributed by atoms with van der Waals surface area (Å²) in [6, 6.07) is 2.98. The Morgan fingerprint density at radius 1 is 1.20 bits per heavy atom. The second-order valence-electron chi connectivity index (χ2n) is 6.83. The third-order valence-electron chi connectivity index (χ3n) is 4.20. The van der Waals surface area contributed by atoms with Crippen LogP contribution in [-0.2, 0) is 49.2 Å². The summed E-state index contributed by atoms with van der Waals surface area (Å²) < 4.78 is 81.8. The largest absolute Gasteiger partial charge is 0.741 e. The van der Waals surface area contributed by atoms with Gasteiger partial charge in [0.1, 0.15) is 12.2 Å². The van der Waals surface area contributed by atoms with E-state index in [1.807, 2.05) is 0 Å². The van der Waals surface area contributed by atoms with Crippen LogP contribution in [0.4, 0.5) is 13.2 Å². The van der Waals surface area contributed by atoms with E-state index in [2.05, 4.69) is 0 Å². The molecule has 0 spiro atoms. The van der Waals surface area contributed by atoms with Gasteiger partial charge >= 0.3 is 29.1 Å². The fraction of sp³-hybridized carbons (Fsp3) is 0.500. The number of ether oxygens (including phenoxy) is 4. The smallest absolute Gasteiger partial charge is 0.485 e. The van der Waals surface area contributed by atoms with Crippen molar-refractivity contribution in [1.82, 2.24) is 0 Å². The third kappa shape index (κ3) is 7.86. The topological polar surface area (TPSA) is 192 Å². The first-order valence-corrected chi connectivity index (χ1v) is 10.8. The van der Waals surface area contributed by atoms with Crippen molar-refractivity contribution in [3.05, 3.63) is 30.1 Å². The quantitative estimate of drug-likeness (QED) is 0.160. The normalized spacial score (nSPS) is 21.8. The molecule has 1 aliphatic heterocycles. The van der Waals surface area contributed by atoms with Gasteiger partial charge in [-0.25, -0.2) is 8.42 Å². The molecular formula is C18H21F3N2O11S. The predicted octanol–water partition coefficient (Wildman–Crippen LogP) is -0.766. The Morgan fingerprint density at radius 3 is 2.20 bits per heavy atom. The number of aromatic nitrogens is 1. The maximum Gasteiger partial charge on any atom is 0.485 e. The maximum absolute atomic E-state index is 11.9. The minimum Gasteiger partial charge on any atom is -0.741 e. The number of carbonyl (C=O) groups is 4. The van der Waals surface area contributed by atoms with Gasteiger partial charge in [0.15, 0.2) is 28.6 Å². The summed E-state index contributed by atoms with van der Waals surface area (Å²) in [6.07, 6.45) is 0.800. The van der Waals surface area contributed by atoms with Crippen LogP contribution in [0.15, 0.2) is 24.5 Å². The van der Waals surface area contributed by atoms with Crippen LogP contribution in [0.25, 0.3) is 0 Å². The molecule has 0 bridgehead atoms. The van der Waals surface area contributed by atoms with Crippen molar-refractivity contribution in [3.8, 4) is 0 Å². The van der Waals surface area contributed by atoms with Crippen LogP contribution < -0.4 is 10.3 Å². The molecule has 1 aliphatic rings. The zero-order valence-electron chi connectivity index (χ0n) is 18.4. The molecule has 17 heteroatoms. The van der Waals surface area contributed by atoms with Gasteiger partial charge in [0.2, 0.25) is 6.10 Å². The minimum absolute atomic E-state index is 0.118. The summed E-state index contributed by atoms with van der Waals surface area (Å²) in [5.74, 6) is -2.59. The lowest BCUT2D eigenvalue weighted by Crippen LogP contribution is -2.69. The van der Waals surface area contributed by atoms with Gasteiger partial charge in [-0.1, -0.05) is 0 Å². The van der Waals surface area contributed by atoms with Crippen molar-refractivity contribution in [2.45, 2.75) is 44.2 Å². The number of amides is 1. The molecular weight excluding hydrogens is 509 g/mol. The van der Waals surface area contributed by atoms with E-state index in [9.17, 15) is 32.3 Å². The van der Waals surface area contributed by atoms with E-state index >= 15 is 0 Å². The Kier molecular flexibility index (Phi) is 9.69. The van der Waals surface area contributed by atoms with Gasteiger partial charge in [-0.3, -0.25) is 19.2 Å².